The zero-order valence-electron chi connectivity index (χ0n) is 10.5. The van der Waals surface area contributed by atoms with E-state index < -0.39 is 0 Å². The monoisotopic (exact) mass is 295 g/mol. The van der Waals surface area contributed by atoms with Crippen molar-refractivity contribution in [3.05, 3.63) is 29.8 Å². The van der Waals surface area contributed by atoms with E-state index in [-0.39, 0.29) is 0 Å². The third-order valence-electron chi connectivity index (χ3n) is 3.52. The summed E-state index contributed by atoms with van der Waals surface area (Å²) < 4.78 is 0. The quantitative estimate of drug-likeness (QED) is 0.575. The lowest BCUT2D eigenvalue weighted by Gasteiger charge is -2.24. The summed E-state index contributed by atoms with van der Waals surface area (Å²) in [6.45, 7) is 2.47. The molecule has 0 amide bonds. The molecule has 1 nitrogen and oxygen atoms in total. The number of fused-ring (bicyclic) bond motifs is 1. The van der Waals surface area contributed by atoms with Crippen LogP contribution in [-0.2, 0) is 6.42 Å². The third-order valence-corrected chi connectivity index (χ3v) is 4.08. The van der Waals surface area contributed by atoms with Crippen LogP contribution in [0.1, 0.15) is 37.7 Å². The minimum atomic E-state index is 1.14. The van der Waals surface area contributed by atoms with E-state index in [1.54, 1.807) is 5.56 Å². The van der Waals surface area contributed by atoms with Gasteiger partial charge in [-0.2, -0.15) is 0 Å². The van der Waals surface area contributed by atoms with Crippen LogP contribution < -0.4 is 4.90 Å². The first kappa shape index (κ1) is 12.9. The second-order valence-electron chi connectivity index (χ2n) is 4.82. The van der Waals surface area contributed by atoms with Crippen LogP contribution in [0.5, 0.6) is 0 Å². The maximum absolute atomic E-state index is 3.50. The van der Waals surface area contributed by atoms with Crippen LogP contribution in [0.3, 0.4) is 0 Å². The Hall–Kier alpha value is -0.500. The summed E-state index contributed by atoms with van der Waals surface area (Å²) in [6, 6.07) is 8.94. The van der Waals surface area contributed by atoms with Gasteiger partial charge in [-0.1, -0.05) is 40.5 Å². The lowest BCUT2D eigenvalue weighted by molar-refractivity contribution is 0.659. The van der Waals surface area contributed by atoms with E-state index in [0.29, 0.717) is 0 Å². The number of para-hydroxylation sites is 1. The van der Waals surface area contributed by atoms with Gasteiger partial charge < -0.3 is 4.90 Å². The largest absolute Gasteiger partial charge is 0.371 e. The molecule has 0 bridgehead atoms. The number of nitrogens with zero attached hydrogens (tertiary/aromatic N) is 1. The lowest BCUT2D eigenvalue weighted by Crippen LogP contribution is -2.25. The molecule has 0 aliphatic carbocycles. The standard InChI is InChI=1S/C15H22BrN/c16-11-5-1-6-12-17-13-7-4-9-14-8-2-3-10-15(14)17/h2-3,8,10H,1,4-7,9,11-13H2. The highest BCUT2D eigenvalue weighted by Crippen LogP contribution is 2.26. The fourth-order valence-corrected chi connectivity index (χ4v) is 2.97. The maximum Gasteiger partial charge on any atom is 0.0398 e. The van der Waals surface area contributed by atoms with Crippen molar-refractivity contribution in [2.45, 2.75) is 38.5 Å². The molecule has 1 aliphatic rings. The number of alkyl halides is 1. The molecule has 2 heteroatoms. The molecule has 0 spiro atoms. The smallest absolute Gasteiger partial charge is 0.0398 e. The number of rotatable bonds is 5. The predicted octanol–water partition coefficient (Wildman–Crippen LogP) is 4.39. The highest BCUT2D eigenvalue weighted by Gasteiger charge is 2.13. The third kappa shape index (κ3) is 3.74. The molecule has 0 saturated heterocycles. The second-order valence-corrected chi connectivity index (χ2v) is 5.62. The van der Waals surface area contributed by atoms with Crippen molar-refractivity contribution in [2.24, 2.45) is 0 Å². The summed E-state index contributed by atoms with van der Waals surface area (Å²) in [5.41, 5.74) is 3.04. The molecule has 0 aromatic heterocycles. The Morgan fingerprint density at radius 2 is 1.94 bits per heavy atom. The molecule has 1 heterocycles. The first-order valence-electron chi connectivity index (χ1n) is 6.80. The van der Waals surface area contributed by atoms with E-state index in [9.17, 15) is 0 Å². The van der Waals surface area contributed by atoms with Crippen LogP contribution in [0.2, 0.25) is 0 Å². The Bertz CT molecular complexity index is 337. The first-order chi connectivity index (χ1) is 8.42. The molecule has 2 rings (SSSR count). The van der Waals surface area contributed by atoms with Crippen molar-refractivity contribution in [1.29, 1.82) is 0 Å². The van der Waals surface area contributed by atoms with Crippen molar-refractivity contribution in [3.63, 3.8) is 0 Å². The van der Waals surface area contributed by atoms with Gasteiger partial charge in [0.05, 0.1) is 0 Å². The summed E-state index contributed by atoms with van der Waals surface area (Å²) in [5, 5.41) is 1.14. The van der Waals surface area contributed by atoms with E-state index >= 15 is 0 Å². The molecule has 1 aromatic rings. The molecule has 0 radical (unpaired) electrons. The van der Waals surface area contributed by atoms with Crippen LogP contribution in [0.15, 0.2) is 24.3 Å². The van der Waals surface area contributed by atoms with Crippen LogP contribution in [0.25, 0.3) is 0 Å². The zero-order valence-corrected chi connectivity index (χ0v) is 12.1. The fraction of sp³-hybridized carbons (Fsp3) is 0.600. The minimum Gasteiger partial charge on any atom is -0.371 e. The van der Waals surface area contributed by atoms with Gasteiger partial charge >= 0.3 is 0 Å². The highest BCUT2D eigenvalue weighted by molar-refractivity contribution is 9.09. The Kier molecular flexibility index (Phi) is 5.37. The Morgan fingerprint density at radius 1 is 1.06 bits per heavy atom. The summed E-state index contributed by atoms with van der Waals surface area (Å²) in [6.07, 6.45) is 7.90. The van der Waals surface area contributed by atoms with Gasteiger partial charge in [0.2, 0.25) is 0 Å². The fourth-order valence-electron chi connectivity index (χ4n) is 2.58. The minimum absolute atomic E-state index is 1.14. The van der Waals surface area contributed by atoms with Crippen molar-refractivity contribution in [1.82, 2.24) is 0 Å². The van der Waals surface area contributed by atoms with E-state index in [0.717, 1.165) is 5.33 Å². The van der Waals surface area contributed by atoms with Gasteiger partial charge in [-0.3, -0.25) is 0 Å². The number of aryl methyl sites for hydroxylation is 1. The molecule has 0 saturated carbocycles. The first-order valence-corrected chi connectivity index (χ1v) is 7.93. The number of benzene rings is 1. The topological polar surface area (TPSA) is 3.24 Å². The van der Waals surface area contributed by atoms with Gasteiger partial charge in [0.1, 0.15) is 0 Å². The normalized spacial score (nSPS) is 15.5. The molecular formula is C15H22BrN. The van der Waals surface area contributed by atoms with E-state index in [2.05, 4.69) is 45.1 Å². The highest BCUT2D eigenvalue weighted by atomic mass is 79.9. The van der Waals surface area contributed by atoms with Gasteiger partial charge in [-0.25, -0.2) is 0 Å². The number of unbranched alkanes of at least 4 members (excludes halogenated alkanes) is 2. The average molecular weight is 296 g/mol. The molecule has 0 N–H and O–H groups in total. The zero-order chi connectivity index (χ0) is 11.9. The van der Waals surface area contributed by atoms with Gasteiger partial charge in [0.15, 0.2) is 0 Å². The molecular weight excluding hydrogens is 274 g/mol. The molecule has 0 fully saturated rings. The summed E-state index contributed by atoms with van der Waals surface area (Å²) in [5.74, 6) is 0. The van der Waals surface area contributed by atoms with Gasteiger partial charge in [0, 0.05) is 24.1 Å². The summed E-state index contributed by atoms with van der Waals surface area (Å²) in [7, 11) is 0. The SMILES string of the molecule is BrCCCCCN1CCCCc2ccccc21. The van der Waals surface area contributed by atoms with Gasteiger partial charge in [0.25, 0.3) is 0 Å². The van der Waals surface area contributed by atoms with Crippen LogP contribution in [0.4, 0.5) is 5.69 Å². The Balaban J connectivity index is 1.97. The number of halogens is 1. The van der Waals surface area contributed by atoms with E-state index in [1.165, 1.54) is 57.3 Å². The van der Waals surface area contributed by atoms with Crippen LogP contribution in [0, 0.1) is 0 Å². The maximum atomic E-state index is 3.50. The molecule has 1 aliphatic heterocycles. The van der Waals surface area contributed by atoms with Crippen molar-refractivity contribution in [3.8, 4) is 0 Å². The van der Waals surface area contributed by atoms with Crippen LogP contribution >= 0.6 is 15.9 Å². The molecule has 1 aromatic carbocycles. The number of anilines is 1. The molecule has 0 unspecified atom stereocenters. The van der Waals surface area contributed by atoms with E-state index in [4.69, 9.17) is 0 Å². The van der Waals surface area contributed by atoms with Crippen LogP contribution in [-0.4, -0.2) is 18.4 Å². The Labute approximate surface area is 113 Å². The summed E-state index contributed by atoms with van der Waals surface area (Å²) >= 11 is 3.50. The van der Waals surface area contributed by atoms with Gasteiger partial charge in [-0.05, 0) is 43.7 Å². The molecule has 94 valence electrons. The van der Waals surface area contributed by atoms with E-state index in [1.807, 2.05) is 0 Å². The molecule has 0 atom stereocenters. The second kappa shape index (κ2) is 7.05. The predicted molar refractivity (Wildman–Crippen MR) is 79.2 cm³/mol. The molecule has 17 heavy (non-hydrogen) atoms. The van der Waals surface area contributed by atoms with Crippen molar-refractivity contribution < 1.29 is 0 Å². The summed E-state index contributed by atoms with van der Waals surface area (Å²) in [4.78, 5) is 2.59. The number of hydrogen-bond acceptors (Lipinski definition) is 1. The van der Waals surface area contributed by atoms with Crippen molar-refractivity contribution in [2.75, 3.05) is 23.3 Å². The van der Waals surface area contributed by atoms with Gasteiger partial charge in [-0.15, -0.1) is 0 Å². The lowest BCUT2D eigenvalue weighted by atomic mass is 10.1. The Morgan fingerprint density at radius 3 is 2.82 bits per heavy atom. The number of hydrogen-bond donors (Lipinski definition) is 0. The van der Waals surface area contributed by atoms with Crippen molar-refractivity contribution >= 4 is 21.6 Å². The average Bonchev–Trinajstić information content (AvgIpc) is 2.57.